The molecule has 0 aliphatic rings. The molecule has 0 radical (unpaired) electrons. The first kappa shape index (κ1) is 11.4. The van der Waals surface area contributed by atoms with Gasteiger partial charge in [-0.15, -0.1) is 0 Å². The van der Waals surface area contributed by atoms with Gasteiger partial charge in [-0.1, -0.05) is 21.1 Å². The summed E-state index contributed by atoms with van der Waals surface area (Å²) in [5.74, 6) is 0.770. The molecule has 0 unspecified atom stereocenters. The van der Waals surface area contributed by atoms with E-state index in [4.69, 9.17) is 14.0 Å². The van der Waals surface area contributed by atoms with Gasteiger partial charge in [0.05, 0.1) is 19.4 Å². The molecular weight excluding hydrogens is 274 g/mol. The first-order chi connectivity index (χ1) is 7.90. The van der Waals surface area contributed by atoms with Crippen molar-refractivity contribution in [3.63, 3.8) is 0 Å². The normalized spacial score (nSPS) is 10.8. The second-order valence-electron chi connectivity index (χ2n) is 3.18. The molecule has 86 valence electrons. The van der Waals surface area contributed by atoms with Crippen molar-refractivity contribution in [3.05, 3.63) is 24.4 Å². The van der Waals surface area contributed by atoms with Gasteiger partial charge in [-0.2, -0.15) is 0 Å². The van der Waals surface area contributed by atoms with E-state index in [0.717, 1.165) is 22.0 Å². The van der Waals surface area contributed by atoms with E-state index < -0.39 is 0 Å². The Morgan fingerprint density at radius 3 is 3.06 bits per heavy atom. The summed E-state index contributed by atoms with van der Waals surface area (Å²) in [6, 6.07) is 5.64. The van der Waals surface area contributed by atoms with Gasteiger partial charge in [-0.05, 0) is 12.1 Å². The van der Waals surface area contributed by atoms with Crippen molar-refractivity contribution >= 4 is 26.9 Å². The van der Waals surface area contributed by atoms with Crippen LogP contribution in [0.5, 0.6) is 5.75 Å². The van der Waals surface area contributed by atoms with Gasteiger partial charge in [0.15, 0.2) is 5.58 Å². The fourth-order valence-corrected chi connectivity index (χ4v) is 1.53. The highest BCUT2D eigenvalue weighted by atomic mass is 79.9. The summed E-state index contributed by atoms with van der Waals surface area (Å²) in [5, 5.41) is 5.52. The number of benzene rings is 1. The number of hydrogen-bond donors (Lipinski definition) is 0. The van der Waals surface area contributed by atoms with Crippen LogP contribution in [0.15, 0.2) is 28.9 Å². The Bertz CT molecular complexity index is 443. The second kappa shape index (κ2) is 5.86. The number of halogens is 1. The van der Waals surface area contributed by atoms with Gasteiger partial charge in [0.1, 0.15) is 12.4 Å². The number of nitrogens with zero attached hydrogens (tertiary/aromatic N) is 1. The van der Waals surface area contributed by atoms with E-state index in [0.29, 0.717) is 19.8 Å². The fraction of sp³-hybridized carbons (Fsp3) is 0.364. The number of alkyl halides is 1. The Labute approximate surface area is 102 Å². The highest BCUT2D eigenvalue weighted by molar-refractivity contribution is 9.09. The van der Waals surface area contributed by atoms with Gasteiger partial charge in [0.25, 0.3) is 0 Å². The molecule has 5 heteroatoms. The van der Waals surface area contributed by atoms with Crippen LogP contribution in [0.4, 0.5) is 0 Å². The maximum atomic E-state index is 5.50. The molecule has 4 nitrogen and oxygen atoms in total. The van der Waals surface area contributed by atoms with Crippen LogP contribution in [-0.4, -0.2) is 30.3 Å². The third-order valence-electron chi connectivity index (χ3n) is 2.05. The van der Waals surface area contributed by atoms with Crippen molar-refractivity contribution in [2.75, 3.05) is 25.2 Å². The highest BCUT2D eigenvalue weighted by Crippen LogP contribution is 2.20. The van der Waals surface area contributed by atoms with Gasteiger partial charge in [-0.25, -0.2) is 0 Å². The third-order valence-corrected chi connectivity index (χ3v) is 2.37. The van der Waals surface area contributed by atoms with E-state index in [9.17, 15) is 0 Å². The molecule has 1 heterocycles. The van der Waals surface area contributed by atoms with Crippen LogP contribution in [0.2, 0.25) is 0 Å². The lowest BCUT2D eigenvalue weighted by atomic mass is 10.2. The van der Waals surface area contributed by atoms with Crippen molar-refractivity contribution in [1.29, 1.82) is 0 Å². The highest BCUT2D eigenvalue weighted by Gasteiger charge is 2.00. The summed E-state index contributed by atoms with van der Waals surface area (Å²) < 4.78 is 15.8. The average molecular weight is 286 g/mol. The van der Waals surface area contributed by atoms with Crippen LogP contribution in [0.25, 0.3) is 11.0 Å². The fourth-order valence-electron chi connectivity index (χ4n) is 1.31. The summed E-state index contributed by atoms with van der Waals surface area (Å²) >= 11 is 3.28. The van der Waals surface area contributed by atoms with Gasteiger partial charge >= 0.3 is 0 Å². The van der Waals surface area contributed by atoms with Crippen molar-refractivity contribution in [1.82, 2.24) is 5.16 Å². The van der Waals surface area contributed by atoms with Crippen molar-refractivity contribution in [2.24, 2.45) is 0 Å². The second-order valence-corrected chi connectivity index (χ2v) is 3.97. The lowest BCUT2D eigenvalue weighted by Crippen LogP contribution is -2.07. The van der Waals surface area contributed by atoms with Crippen molar-refractivity contribution in [3.8, 4) is 5.75 Å². The van der Waals surface area contributed by atoms with E-state index in [-0.39, 0.29) is 0 Å². The maximum absolute atomic E-state index is 5.50. The molecule has 2 aromatic rings. The molecule has 1 aromatic carbocycles. The molecule has 16 heavy (non-hydrogen) atoms. The molecule has 0 atom stereocenters. The lowest BCUT2D eigenvalue weighted by molar-refractivity contribution is 0.112. The number of rotatable bonds is 6. The molecule has 0 bridgehead atoms. The predicted octanol–water partition coefficient (Wildman–Crippen LogP) is 2.62. The van der Waals surface area contributed by atoms with Crippen LogP contribution in [0.1, 0.15) is 0 Å². The Hall–Kier alpha value is -1.07. The quantitative estimate of drug-likeness (QED) is 0.605. The smallest absolute Gasteiger partial charge is 0.170 e. The Morgan fingerprint density at radius 1 is 1.25 bits per heavy atom. The van der Waals surface area contributed by atoms with E-state index in [1.165, 1.54) is 0 Å². The minimum atomic E-state index is 0.534. The van der Waals surface area contributed by atoms with E-state index in [1.54, 1.807) is 6.20 Å². The third kappa shape index (κ3) is 2.96. The van der Waals surface area contributed by atoms with Crippen LogP contribution in [0, 0.1) is 0 Å². The van der Waals surface area contributed by atoms with E-state index in [2.05, 4.69) is 21.1 Å². The van der Waals surface area contributed by atoms with Crippen molar-refractivity contribution < 1.29 is 14.0 Å². The minimum absolute atomic E-state index is 0.534. The van der Waals surface area contributed by atoms with Crippen molar-refractivity contribution in [2.45, 2.75) is 0 Å². The molecule has 0 aliphatic carbocycles. The van der Waals surface area contributed by atoms with Crippen LogP contribution >= 0.6 is 15.9 Å². The van der Waals surface area contributed by atoms with Gasteiger partial charge in [0.2, 0.25) is 0 Å². The molecule has 0 aliphatic heterocycles. The summed E-state index contributed by atoms with van der Waals surface area (Å²) in [6.07, 6.45) is 1.68. The van der Waals surface area contributed by atoms with Crippen LogP contribution in [-0.2, 0) is 4.74 Å². The topological polar surface area (TPSA) is 44.5 Å². The minimum Gasteiger partial charge on any atom is -0.491 e. The molecule has 1 aromatic heterocycles. The van der Waals surface area contributed by atoms with Gasteiger partial charge in [0, 0.05) is 16.8 Å². The summed E-state index contributed by atoms with van der Waals surface area (Å²) in [5.41, 5.74) is 0.735. The van der Waals surface area contributed by atoms with Crippen LogP contribution < -0.4 is 4.74 Å². The number of ether oxygens (including phenoxy) is 2. The number of aromatic nitrogens is 1. The lowest BCUT2D eigenvalue weighted by Gasteiger charge is -2.05. The Morgan fingerprint density at radius 2 is 2.19 bits per heavy atom. The maximum Gasteiger partial charge on any atom is 0.170 e. The standard InChI is InChI=1S/C11H12BrNO3/c12-3-4-14-5-6-15-10-2-1-9-8-13-16-11(9)7-10/h1-2,7-8H,3-6H2. The molecule has 0 amide bonds. The zero-order valence-electron chi connectivity index (χ0n) is 8.69. The summed E-state index contributed by atoms with van der Waals surface area (Å²) in [6.45, 7) is 1.82. The zero-order valence-corrected chi connectivity index (χ0v) is 10.3. The van der Waals surface area contributed by atoms with Crippen LogP contribution in [0.3, 0.4) is 0 Å². The summed E-state index contributed by atoms with van der Waals surface area (Å²) in [7, 11) is 0. The average Bonchev–Trinajstić information content (AvgIpc) is 2.76. The molecule has 0 N–H and O–H groups in total. The number of fused-ring (bicyclic) bond motifs is 1. The number of hydrogen-bond acceptors (Lipinski definition) is 4. The molecule has 0 spiro atoms. The van der Waals surface area contributed by atoms with E-state index >= 15 is 0 Å². The molecule has 2 rings (SSSR count). The largest absolute Gasteiger partial charge is 0.491 e. The Kier molecular flexibility index (Phi) is 4.18. The SMILES string of the molecule is BrCCOCCOc1ccc2cnoc2c1. The first-order valence-corrected chi connectivity index (χ1v) is 6.13. The Balaban J connectivity index is 1.84. The predicted molar refractivity (Wildman–Crippen MR) is 64.1 cm³/mol. The molecular formula is C11H12BrNO3. The van der Waals surface area contributed by atoms with Gasteiger partial charge in [-0.3, -0.25) is 0 Å². The zero-order chi connectivity index (χ0) is 11.2. The summed E-state index contributed by atoms with van der Waals surface area (Å²) in [4.78, 5) is 0. The van der Waals surface area contributed by atoms with Gasteiger partial charge < -0.3 is 14.0 Å². The molecule has 0 fully saturated rings. The first-order valence-electron chi connectivity index (χ1n) is 5.01. The molecule has 0 saturated heterocycles. The monoisotopic (exact) mass is 285 g/mol. The van der Waals surface area contributed by atoms with E-state index in [1.807, 2.05) is 18.2 Å². The molecule has 0 saturated carbocycles.